The van der Waals surface area contributed by atoms with E-state index in [2.05, 4.69) is 10.4 Å². The molecule has 1 saturated heterocycles. The molecule has 132 valence electrons. The van der Waals surface area contributed by atoms with Gasteiger partial charge in [-0.3, -0.25) is 4.68 Å². The quantitative estimate of drug-likeness (QED) is 0.917. The fourth-order valence-electron chi connectivity index (χ4n) is 5.05. The van der Waals surface area contributed by atoms with Crippen molar-refractivity contribution in [1.29, 1.82) is 0 Å². The van der Waals surface area contributed by atoms with Gasteiger partial charge in [0.1, 0.15) is 5.60 Å². The van der Waals surface area contributed by atoms with Crippen molar-refractivity contribution in [2.24, 2.45) is 17.8 Å². The average molecular weight is 332 g/mol. The van der Waals surface area contributed by atoms with Gasteiger partial charge in [0, 0.05) is 31.5 Å². The van der Waals surface area contributed by atoms with Gasteiger partial charge in [0.25, 0.3) is 0 Å². The van der Waals surface area contributed by atoms with E-state index in [0.29, 0.717) is 29.8 Å². The zero-order chi connectivity index (χ0) is 16.9. The normalized spacial score (nSPS) is 34.1. The highest BCUT2D eigenvalue weighted by molar-refractivity contribution is 5.69. The number of ether oxygens (including phenoxy) is 1. The molecule has 1 aromatic rings. The molecule has 0 radical (unpaired) electrons. The van der Waals surface area contributed by atoms with Crippen LogP contribution in [0.4, 0.5) is 4.79 Å². The molecule has 2 bridgehead atoms. The maximum Gasteiger partial charge on any atom is 0.410 e. The van der Waals surface area contributed by atoms with Crippen molar-refractivity contribution in [3.8, 4) is 0 Å². The van der Waals surface area contributed by atoms with Crippen molar-refractivity contribution in [2.45, 2.75) is 57.8 Å². The van der Waals surface area contributed by atoms with Gasteiger partial charge in [-0.05, 0) is 57.4 Å². The zero-order valence-electron chi connectivity index (χ0n) is 14.8. The molecule has 1 aromatic heterocycles. The molecular formula is C18H28N4O2. The summed E-state index contributed by atoms with van der Waals surface area (Å²) < 4.78 is 7.60. The van der Waals surface area contributed by atoms with Crippen LogP contribution >= 0.6 is 0 Å². The summed E-state index contributed by atoms with van der Waals surface area (Å²) in [4.78, 5) is 14.6. The first kappa shape index (κ1) is 15.9. The second-order valence-electron chi connectivity index (χ2n) is 8.53. The van der Waals surface area contributed by atoms with Crippen LogP contribution in [0, 0.1) is 17.8 Å². The van der Waals surface area contributed by atoms with Gasteiger partial charge in [-0.2, -0.15) is 5.10 Å². The molecule has 6 nitrogen and oxygen atoms in total. The van der Waals surface area contributed by atoms with Gasteiger partial charge in [0.05, 0.1) is 12.6 Å². The molecule has 5 atom stereocenters. The number of carbonyl (C=O) groups is 1. The van der Waals surface area contributed by atoms with Crippen molar-refractivity contribution in [3.63, 3.8) is 0 Å². The van der Waals surface area contributed by atoms with Crippen LogP contribution in [0.15, 0.2) is 18.5 Å². The highest BCUT2D eigenvalue weighted by atomic mass is 16.6. The largest absolute Gasteiger partial charge is 0.444 e. The summed E-state index contributed by atoms with van der Waals surface area (Å²) >= 11 is 0. The lowest BCUT2D eigenvalue weighted by Crippen LogP contribution is -2.52. The first-order valence-corrected chi connectivity index (χ1v) is 9.13. The number of fused-ring (bicyclic) bond motifs is 1. The van der Waals surface area contributed by atoms with Crippen molar-refractivity contribution in [1.82, 2.24) is 20.0 Å². The maximum absolute atomic E-state index is 12.6. The second kappa shape index (κ2) is 5.76. The summed E-state index contributed by atoms with van der Waals surface area (Å²) in [5.74, 6) is 2.04. The van der Waals surface area contributed by atoms with Gasteiger partial charge >= 0.3 is 6.09 Å². The molecule has 2 saturated carbocycles. The highest BCUT2D eigenvalue weighted by Gasteiger charge is 2.60. The fourth-order valence-corrected chi connectivity index (χ4v) is 5.05. The van der Waals surface area contributed by atoms with Gasteiger partial charge in [0.2, 0.25) is 0 Å². The first-order valence-electron chi connectivity index (χ1n) is 9.13. The molecule has 4 rings (SSSR count). The van der Waals surface area contributed by atoms with E-state index < -0.39 is 5.60 Å². The SMILES string of the molecule is CC(C)(C)OC(=O)N1C[C@@H]2C[C@H]3C[C@H]2[C@H]1[C@H]3NCCn1cccn1. The van der Waals surface area contributed by atoms with E-state index in [0.717, 1.165) is 19.6 Å². The molecule has 1 aliphatic heterocycles. The van der Waals surface area contributed by atoms with E-state index in [1.54, 1.807) is 0 Å². The fraction of sp³-hybridized carbons (Fsp3) is 0.778. The number of aromatic nitrogens is 2. The van der Waals surface area contributed by atoms with Crippen molar-refractivity contribution in [2.75, 3.05) is 13.1 Å². The molecule has 24 heavy (non-hydrogen) atoms. The Morgan fingerprint density at radius 1 is 1.33 bits per heavy atom. The van der Waals surface area contributed by atoms with Crippen LogP contribution < -0.4 is 5.32 Å². The van der Waals surface area contributed by atoms with Crippen molar-refractivity contribution >= 4 is 6.09 Å². The minimum absolute atomic E-state index is 0.138. The van der Waals surface area contributed by atoms with Crippen LogP contribution in [0.25, 0.3) is 0 Å². The van der Waals surface area contributed by atoms with Crippen molar-refractivity contribution < 1.29 is 9.53 Å². The predicted molar refractivity (Wildman–Crippen MR) is 90.4 cm³/mol. The van der Waals surface area contributed by atoms with E-state index in [1.165, 1.54) is 12.8 Å². The maximum atomic E-state index is 12.6. The lowest BCUT2D eigenvalue weighted by molar-refractivity contribution is 0.0193. The van der Waals surface area contributed by atoms with Gasteiger partial charge in [-0.15, -0.1) is 0 Å². The van der Waals surface area contributed by atoms with Gasteiger partial charge in [-0.25, -0.2) is 4.79 Å². The van der Waals surface area contributed by atoms with Crippen LogP contribution in [0.5, 0.6) is 0 Å². The number of rotatable bonds is 4. The molecule has 6 heteroatoms. The molecule has 1 amide bonds. The molecule has 0 spiro atoms. The summed E-state index contributed by atoms with van der Waals surface area (Å²) in [6.07, 6.45) is 6.17. The summed E-state index contributed by atoms with van der Waals surface area (Å²) in [6.45, 7) is 8.44. The second-order valence-corrected chi connectivity index (χ2v) is 8.53. The minimum atomic E-state index is -0.431. The first-order chi connectivity index (χ1) is 11.4. The van der Waals surface area contributed by atoms with Gasteiger partial charge < -0.3 is 15.0 Å². The number of amides is 1. The Morgan fingerprint density at radius 2 is 2.17 bits per heavy atom. The summed E-state index contributed by atoms with van der Waals surface area (Å²) in [5.41, 5.74) is -0.431. The summed E-state index contributed by atoms with van der Waals surface area (Å²) in [7, 11) is 0. The van der Waals surface area contributed by atoms with Gasteiger partial charge in [0.15, 0.2) is 0 Å². The summed E-state index contributed by atoms with van der Waals surface area (Å²) in [6, 6.07) is 2.65. The van der Waals surface area contributed by atoms with E-state index in [9.17, 15) is 4.79 Å². The number of hydrogen-bond acceptors (Lipinski definition) is 4. The molecular weight excluding hydrogens is 304 g/mol. The Kier molecular flexibility index (Phi) is 3.82. The van der Waals surface area contributed by atoms with Crippen LogP contribution in [0.3, 0.4) is 0 Å². The van der Waals surface area contributed by atoms with Crippen molar-refractivity contribution in [3.05, 3.63) is 18.5 Å². The van der Waals surface area contributed by atoms with Crippen LogP contribution in [0.2, 0.25) is 0 Å². The zero-order valence-corrected chi connectivity index (χ0v) is 14.8. The summed E-state index contributed by atoms with van der Waals surface area (Å²) in [5, 5.41) is 7.97. The Labute approximate surface area is 143 Å². The molecule has 2 aliphatic carbocycles. The Hall–Kier alpha value is -1.56. The molecule has 3 aliphatic rings. The monoisotopic (exact) mass is 332 g/mol. The third kappa shape index (κ3) is 2.81. The van der Waals surface area contributed by atoms with E-state index in [4.69, 9.17) is 4.74 Å². The molecule has 2 heterocycles. The third-order valence-corrected chi connectivity index (χ3v) is 5.80. The predicted octanol–water partition coefficient (Wildman–Crippen LogP) is 2.12. The number of nitrogens with one attached hydrogen (secondary N) is 1. The van der Waals surface area contributed by atoms with Crippen LogP contribution in [-0.2, 0) is 11.3 Å². The molecule has 1 N–H and O–H groups in total. The minimum Gasteiger partial charge on any atom is -0.444 e. The van der Waals surface area contributed by atoms with Crippen LogP contribution in [-0.4, -0.2) is 51.5 Å². The topological polar surface area (TPSA) is 59.4 Å². The van der Waals surface area contributed by atoms with E-state index in [-0.39, 0.29) is 6.09 Å². The number of carbonyl (C=O) groups excluding carboxylic acids is 1. The smallest absolute Gasteiger partial charge is 0.410 e. The van der Waals surface area contributed by atoms with Gasteiger partial charge in [-0.1, -0.05) is 0 Å². The Morgan fingerprint density at radius 3 is 2.88 bits per heavy atom. The lowest BCUT2D eigenvalue weighted by Gasteiger charge is -2.34. The third-order valence-electron chi connectivity index (χ3n) is 5.80. The number of hydrogen-bond donors (Lipinski definition) is 1. The molecule has 0 aromatic carbocycles. The Bertz CT molecular complexity index is 593. The Balaban J connectivity index is 1.41. The molecule has 0 unspecified atom stereocenters. The molecule has 3 fully saturated rings. The average Bonchev–Trinajstić information content (AvgIpc) is 3.20. The number of likely N-dealkylation sites (tertiary alicyclic amines) is 1. The highest BCUT2D eigenvalue weighted by Crippen LogP contribution is 2.55. The lowest BCUT2D eigenvalue weighted by atomic mass is 9.86. The van der Waals surface area contributed by atoms with Crippen LogP contribution in [0.1, 0.15) is 33.6 Å². The number of nitrogens with zero attached hydrogens (tertiary/aromatic N) is 3. The standard InChI is InChI=1S/C18H28N4O2/c1-18(2,3)24-17(23)22-11-13-9-12-10-14(13)16(22)15(12)19-6-8-21-7-4-5-20-21/h4-5,7,12-16,19H,6,8-11H2,1-3H3/t12-,13-,14+,15-,16-/m0/s1. The van der Waals surface area contributed by atoms with E-state index in [1.807, 2.05) is 48.8 Å². The van der Waals surface area contributed by atoms with E-state index >= 15 is 0 Å².